The molecule has 3 unspecified atom stereocenters. The van der Waals surface area contributed by atoms with Crippen molar-refractivity contribution in [2.75, 3.05) is 6.54 Å². The van der Waals surface area contributed by atoms with Crippen molar-refractivity contribution in [3.05, 3.63) is 12.2 Å². The molecule has 9 aliphatic rings. The fraction of sp³-hybridized carbons (Fsp3) is 0.900. The number of rotatable bonds is 0. The van der Waals surface area contributed by atoms with Crippen LogP contribution in [0.3, 0.4) is 0 Å². The summed E-state index contributed by atoms with van der Waals surface area (Å²) in [6.07, 6.45) is 2.77. The van der Waals surface area contributed by atoms with E-state index in [4.69, 9.17) is 0 Å². The Balaban J connectivity index is 1.56. The van der Waals surface area contributed by atoms with E-state index < -0.39 is 12.2 Å². The molecule has 6 saturated carbocycles. The molecular weight excluding hydrogens is 302 g/mol. The third kappa shape index (κ3) is 0.941. The van der Waals surface area contributed by atoms with Gasteiger partial charge in [-0.1, -0.05) is 19.1 Å². The van der Waals surface area contributed by atoms with Gasteiger partial charge in [-0.25, -0.2) is 0 Å². The van der Waals surface area contributed by atoms with Gasteiger partial charge in [0.25, 0.3) is 0 Å². The fourth-order valence-electron chi connectivity index (χ4n) is 10.5. The Labute approximate surface area is 142 Å². The highest BCUT2D eigenvalue weighted by atomic mass is 16.3. The maximum absolute atomic E-state index is 11.3. The van der Waals surface area contributed by atoms with Gasteiger partial charge in [-0.05, 0) is 42.4 Å². The summed E-state index contributed by atoms with van der Waals surface area (Å²) in [7, 11) is 0. The second-order valence-corrected chi connectivity index (χ2v) is 10.7. The van der Waals surface area contributed by atoms with Crippen LogP contribution in [0.2, 0.25) is 0 Å². The fourth-order valence-corrected chi connectivity index (χ4v) is 10.5. The topological polar surface area (TPSA) is 63.9 Å². The maximum Gasteiger partial charge on any atom is 0.0679 e. The first kappa shape index (κ1) is 13.7. The van der Waals surface area contributed by atoms with Gasteiger partial charge in [0, 0.05) is 41.8 Å². The maximum atomic E-state index is 11.3. The Bertz CT molecular complexity index is 709. The van der Waals surface area contributed by atoms with Crippen molar-refractivity contribution in [1.29, 1.82) is 0 Å². The second-order valence-electron chi connectivity index (χ2n) is 10.7. The molecule has 9 fully saturated rings. The molecule has 3 saturated heterocycles. The van der Waals surface area contributed by atoms with Crippen LogP contribution in [0, 0.1) is 39.9 Å². The van der Waals surface area contributed by atoms with Gasteiger partial charge in [-0.15, -0.1) is 0 Å². The minimum absolute atomic E-state index is 0.00340. The van der Waals surface area contributed by atoms with Crippen LogP contribution < -0.4 is 0 Å². The highest BCUT2D eigenvalue weighted by Gasteiger charge is 2.91. The highest BCUT2D eigenvalue weighted by molar-refractivity contribution is 5.44. The van der Waals surface area contributed by atoms with E-state index in [0.717, 1.165) is 37.8 Å². The van der Waals surface area contributed by atoms with E-state index in [-0.39, 0.29) is 40.7 Å². The van der Waals surface area contributed by atoms with Crippen LogP contribution in [0.4, 0.5) is 0 Å². The molecule has 9 rings (SSSR count). The lowest BCUT2D eigenvalue weighted by Gasteiger charge is -2.66. The SMILES string of the molecule is C=C1CC23C[C@H]4[C@@H]5[C@@]6(C)CC[C@H](O)[C@]57C([C@@H]2[C@@H](O)[C@H]1[C@@H](O)[C@@H]37)N4C6. The Hall–Kier alpha value is -0.420. The van der Waals surface area contributed by atoms with Gasteiger partial charge in [0.15, 0.2) is 0 Å². The molecule has 13 atom stereocenters. The summed E-state index contributed by atoms with van der Waals surface area (Å²) in [5.74, 6) is 0.744. The van der Waals surface area contributed by atoms with Gasteiger partial charge in [0.2, 0.25) is 0 Å². The summed E-state index contributed by atoms with van der Waals surface area (Å²) in [5, 5.41) is 33.9. The zero-order valence-corrected chi connectivity index (χ0v) is 14.2. The van der Waals surface area contributed by atoms with E-state index >= 15 is 0 Å². The van der Waals surface area contributed by atoms with Crippen LogP contribution in [0.5, 0.6) is 0 Å². The zero-order chi connectivity index (χ0) is 16.4. The van der Waals surface area contributed by atoms with E-state index in [2.05, 4.69) is 18.4 Å². The largest absolute Gasteiger partial charge is 0.392 e. The number of nitrogens with zero attached hydrogens (tertiary/aromatic N) is 1. The summed E-state index contributed by atoms with van der Waals surface area (Å²) in [4.78, 5) is 2.68. The molecule has 3 heterocycles. The van der Waals surface area contributed by atoms with Gasteiger partial charge in [0.05, 0.1) is 18.3 Å². The van der Waals surface area contributed by atoms with Crippen molar-refractivity contribution < 1.29 is 15.3 Å². The Morgan fingerprint density at radius 3 is 2.75 bits per heavy atom. The van der Waals surface area contributed by atoms with Crippen molar-refractivity contribution in [1.82, 2.24) is 4.90 Å². The van der Waals surface area contributed by atoms with Gasteiger partial charge < -0.3 is 15.3 Å². The van der Waals surface area contributed by atoms with Crippen LogP contribution in [0.15, 0.2) is 12.2 Å². The normalized spacial score (nSPS) is 76.1. The molecule has 3 aliphatic heterocycles. The summed E-state index contributed by atoms with van der Waals surface area (Å²) >= 11 is 0. The highest BCUT2D eigenvalue weighted by Crippen LogP contribution is 2.86. The number of fused-ring (bicyclic) bond motifs is 1. The summed E-state index contributed by atoms with van der Waals surface area (Å²) < 4.78 is 0. The Morgan fingerprint density at radius 1 is 1.17 bits per heavy atom. The molecular formula is C20H27NO3. The van der Waals surface area contributed by atoms with E-state index in [1.165, 1.54) is 0 Å². The predicted octanol–water partition coefficient (Wildman–Crippen LogP) is 0.764. The van der Waals surface area contributed by atoms with Crippen molar-refractivity contribution in [3.63, 3.8) is 0 Å². The monoisotopic (exact) mass is 329 g/mol. The molecule has 130 valence electrons. The molecule has 2 spiro atoms. The predicted molar refractivity (Wildman–Crippen MR) is 86.8 cm³/mol. The van der Waals surface area contributed by atoms with E-state index in [1.807, 2.05) is 0 Å². The molecule has 4 heteroatoms. The summed E-state index contributed by atoms with van der Waals surface area (Å²) in [5.41, 5.74) is 1.18. The average Bonchev–Trinajstić information content (AvgIpc) is 2.95. The van der Waals surface area contributed by atoms with Crippen molar-refractivity contribution >= 4 is 0 Å². The lowest BCUT2D eigenvalue weighted by Crippen LogP contribution is -2.68. The second kappa shape index (κ2) is 3.40. The first-order valence-electron chi connectivity index (χ1n) is 9.85. The minimum atomic E-state index is -0.513. The first-order chi connectivity index (χ1) is 11.4. The number of hydrogen-bond acceptors (Lipinski definition) is 4. The lowest BCUT2D eigenvalue weighted by atomic mass is 9.39. The molecule has 0 aromatic heterocycles. The lowest BCUT2D eigenvalue weighted by molar-refractivity contribution is -0.225. The molecule has 4 nitrogen and oxygen atoms in total. The quantitative estimate of drug-likeness (QED) is 0.574. The van der Waals surface area contributed by atoms with Crippen LogP contribution in [0.1, 0.15) is 32.6 Å². The molecule has 0 amide bonds. The Kier molecular flexibility index (Phi) is 1.95. The molecule has 6 aliphatic carbocycles. The van der Waals surface area contributed by atoms with E-state index in [9.17, 15) is 15.3 Å². The number of hydrogen-bond donors (Lipinski definition) is 3. The van der Waals surface area contributed by atoms with Gasteiger partial charge >= 0.3 is 0 Å². The molecule has 0 radical (unpaired) electrons. The third-order valence-corrected chi connectivity index (χ3v) is 10.3. The molecule has 3 N–H and O–H groups in total. The number of aliphatic hydroxyl groups excluding tert-OH is 3. The third-order valence-electron chi connectivity index (χ3n) is 10.3. The van der Waals surface area contributed by atoms with Crippen molar-refractivity contribution in [3.8, 4) is 0 Å². The smallest absolute Gasteiger partial charge is 0.0679 e. The molecule has 9 bridgehead atoms. The average molecular weight is 329 g/mol. The van der Waals surface area contributed by atoms with Crippen LogP contribution in [-0.4, -0.2) is 57.2 Å². The van der Waals surface area contributed by atoms with Crippen molar-refractivity contribution in [2.24, 2.45) is 39.9 Å². The number of piperidine rings is 2. The minimum Gasteiger partial charge on any atom is -0.392 e. The zero-order valence-electron chi connectivity index (χ0n) is 14.2. The molecule has 24 heavy (non-hydrogen) atoms. The van der Waals surface area contributed by atoms with E-state index in [0.29, 0.717) is 17.4 Å². The standard InChI is InChI=1S/C20H27NO3/c1-8-5-19-6-9-15-18(2)4-3-10(22)20(15)16(19)14(24)11(8)13(23)12(19)17(20)21(9)7-18/h9-17,22-24H,1,3-7H2,2H3/t9-,10-,11-,12-,13-,14+,15+,16-,17?,18-,19?,20-/m0/s1. The summed E-state index contributed by atoms with van der Waals surface area (Å²) in [6, 6.07) is 0.849. The van der Waals surface area contributed by atoms with Crippen LogP contribution >= 0.6 is 0 Å². The summed E-state index contributed by atoms with van der Waals surface area (Å²) in [6.45, 7) is 7.80. The van der Waals surface area contributed by atoms with Crippen molar-refractivity contribution in [2.45, 2.75) is 63.0 Å². The van der Waals surface area contributed by atoms with Gasteiger partial charge in [-0.3, -0.25) is 4.90 Å². The Morgan fingerprint density at radius 2 is 1.96 bits per heavy atom. The van der Waals surface area contributed by atoms with Crippen LogP contribution in [0.25, 0.3) is 0 Å². The molecule has 0 aromatic carbocycles. The first-order valence-corrected chi connectivity index (χ1v) is 9.85. The van der Waals surface area contributed by atoms with Gasteiger partial charge in [0.1, 0.15) is 0 Å². The number of aliphatic hydroxyl groups is 3. The van der Waals surface area contributed by atoms with E-state index in [1.54, 1.807) is 0 Å². The van der Waals surface area contributed by atoms with Gasteiger partial charge in [-0.2, -0.15) is 0 Å². The van der Waals surface area contributed by atoms with Crippen LogP contribution in [-0.2, 0) is 0 Å². The molecule has 0 aromatic rings.